The Hall–Kier alpha value is -3.80. The van der Waals surface area contributed by atoms with Crippen molar-refractivity contribution in [3.63, 3.8) is 0 Å². The number of ether oxygens (including phenoxy) is 4. The molecule has 0 saturated carbocycles. The fourth-order valence-corrected chi connectivity index (χ4v) is 6.15. The highest BCUT2D eigenvalue weighted by Gasteiger charge is 2.42. The third kappa shape index (κ3) is 5.41. The molecule has 0 bridgehead atoms. The summed E-state index contributed by atoms with van der Waals surface area (Å²) in [6.45, 7) is 7.81. The molecule has 0 N–H and O–H groups in total. The Balaban J connectivity index is 1.07. The second-order valence-corrected chi connectivity index (χ2v) is 11.8. The highest BCUT2D eigenvalue weighted by Crippen LogP contribution is 2.49. The lowest BCUT2D eigenvalue weighted by atomic mass is 9.88. The van der Waals surface area contributed by atoms with Gasteiger partial charge in [-0.05, 0) is 63.4 Å². The van der Waals surface area contributed by atoms with Gasteiger partial charge in [0.15, 0.2) is 22.8 Å². The van der Waals surface area contributed by atoms with Crippen LogP contribution in [0.3, 0.4) is 0 Å². The van der Waals surface area contributed by atoms with Gasteiger partial charge in [-0.25, -0.2) is 9.78 Å². The van der Waals surface area contributed by atoms with Crippen molar-refractivity contribution in [2.45, 2.75) is 64.0 Å². The van der Waals surface area contributed by atoms with Gasteiger partial charge in [0.05, 0.1) is 30.8 Å². The zero-order chi connectivity index (χ0) is 29.6. The smallest absolute Gasteiger partial charge is 0.358 e. The number of hydrogen-bond acceptors (Lipinski definition) is 10. The molecule has 43 heavy (non-hydrogen) atoms. The Morgan fingerprint density at radius 1 is 1.14 bits per heavy atom. The number of likely N-dealkylation sites (tertiary alicyclic amines) is 1. The van der Waals surface area contributed by atoms with Crippen LogP contribution in [0.2, 0.25) is 5.02 Å². The van der Waals surface area contributed by atoms with Crippen LogP contribution in [-0.2, 0) is 28.4 Å². The summed E-state index contributed by atoms with van der Waals surface area (Å²) in [6.07, 6.45) is 4.67. The van der Waals surface area contributed by atoms with Crippen molar-refractivity contribution in [3.05, 3.63) is 70.4 Å². The van der Waals surface area contributed by atoms with Crippen molar-refractivity contribution in [1.82, 2.24) is 29.6 Å². The summed E-state index contributed by atoms with van der Waals surface area (Å²) in [7, 11) is 0. The van der Waals surface area contributed by atoms with E-state index in [-0.39, 0.29) is 18.4 Å². The van der Waals surface area contributed by atoms with Crippen LogP contribution in [0.5, 0.6) is 11.5 Å². The third-order valence-electron chi connectivity index (χ3n) is 8.43. The van der Waals surface area contributed by atoms with E-state index >= 15 is 0 Å². The van der Waals surface area contributed by atoms with Gasteiger partial charge in [-0.1, -0.05) is 23.7 Å². The average molecular weight is 605 g/mol. The zero-order valence-corrected chi connectivity index (χ0v) is 24.9. The first-order chi connectivity index (χ1) is 20.9. The summed E-state index contributed by atoms with van der Waals surface area (Å²) >= 11 is 6.05. The molecule has 0 aliphatic carbocycles. The molecular weight excluding hydrogens is 572 g/mol. The summed E-state index contributed by atoms with van der Waals surface area (Å²) in [4.78, 5) is 24.0. The number of rotatable bonds is 8. The maximum atomic E-state index is 12.3. The molecular formula is C31H33ClN6O5. The van der Waals surface area contributed by atoms with Gasteiger partial charge < -0.3 is 23.5 Å². The molecule has 11 nitrogen and oxygen atoms in total. The average Bonchev–Trinajstić information content (AvgIpc) is 3.52. The predicted octanol–water partition coefficient (Wildman–Crippen LogP) is 4.86. The monoisotopic (exact) mass is 604 g/mol. The Bertz CT molecular complexity index is 1650. The van der Waals surface area contributed by atoms with Crippen molar-refractivity contribution in [1.29, 1.82) is 0 Å². The SMILES string of the molecule is CCOC(=O)c1cc2nc(CN3CCC(c4cccc5c4OC(C)(c4ccc(Cl)cn4)O5)CC3)n(CC3CCO3)c2nn1. The number of piperidine rings is 1. The molecule has 0 amide bonds. The number of benzene rings is 1. The molecule has 3 aliphatic heterocycles. The van der Waals surface area contributed by atoms with Crippen molar-refractivity contribution in [2.24, 2.45) is 0 Å². The fraction of sp³-hybridized carbons (Fsp3) is 0.452. The number of halogens is 1. The van der Waals surface area contributed by atoms with Gasteiger partial charge in [0.1, 0.15) is 17.0 Å². The van der Waals surface area contributed by atoms with Gasteiger partial charge in [-0.15, -0.1) is 10.2 Å². The minimum absolute atomic E-state index is 0.129. The number of nitrogens with zero attached hydrogens (tertiary/aromatic N) is 6. The molecule has 2 fully saturated rings. The van der Waals surface area contributed by atoms with Crippen LogP contribution < -0.4 is 9.47 Å². The Morgan fingerprint density at radius 2 is 1.98 bits per heavy atom. The van der Waals surface area contributed by atoms with E-state index in [4.69, 9.17) is 35.5 Å². The molecule has 4 aromatic rings. The van der Waals surface area contributed by atoms with E-state index in [1.165, 1.54) is 0 Å². The van der Waals surface area contributed by atoms with E-state index in [1.807, 2.05) is 25.1 Å². The molecule has 0 spiro atoms. The van der Waals surface area contributed by atoms with Crippen molar-refractivity contribution < 1.29 is 23.7 Å². The minimum Gasteiger partial charge on any atom is -0.461 e. The van der Waals surface area contributed by atoms with Crippen LogP contribution in [-0.4, -0.2) is 68.0 Å². The summed E-state index contributed by atoms with van der Waals surface area (Å²) in [5, 5.41) is 9.07. The van der Waals surface area contributed by atoms with Crippen molar-refractivity contribution in [2.75, 3.05) is 26.3 Å². The summed E-state index contributed by atoms with van der Waals surface area (Å²) < 4.78 is 25.7. The lowest BCUT2D eigenvalue weighted by molar-refractivity contribution is -0.0722. The second-order valence-electron chi connectivity index (χ2n) is 11.3. The van der Waals surface area contributed by atoms with Crippen molar-refractivity contribution >= 4 is 28.7 Å². The molecule has 3 aliphatic rings. The lowest BCUT2D eigenvalue weighted by Gasteiger charge is -2.33. The van der Waals surface area contributed by atoms with Gasteiger partial charge in [0.25, 0.3) is 5.79 Å². The number of para-hydroxylation sites is 1. The summed E-state index contributed by atoms with van der Waals surface area (Å²) in [6, 6.07) is 11.4. The molecule has 7 rings (SSSR count). The quantitative estimate of drug-likeness (QED) is 0.258. The first-order valence-corrected chi connectivity index (χ1v) is 15.1. The van der Waals surface area contributed by atoms with Gasteiger partial charge in [0.2, 0.25) is 0 Å². The molecule has 1 aromatic carbocycles. The van der Waals surface area contributed by atoms with E-state index in [0.29, 0.717) is 40.9 Å². The molecule has 3 aromatic heterocycles. The molecule has 2 saturated heterocycles. The summed E-state index contributed by atoms with van der Waals surface area (Å²) in [5.41, 5.74) is 3.28. The highest BCUT2D eigenvalue weighted by molar-refractivity contribution is 6.30. The zero-order valence-electron chi connectivity index (χ0n) is 24.2. The van der Waals surface area contributed by atoms with E-state index < -0.39 is 11.8 Å². The molecule has 2 atom stereocenters. The normalized spacial score (nSPS) is 22.1. The summed E-state index contributed by atoms with van der Waals surface area (Å²) in [5.74, 6) is 1.23. The molecule has 12 heteroatoms. The van der Waals surface area contributed by atoms with Crippen LogP contribution in [0.25, 0.3) is 11.2 Å². The number of hydrogen-bond donors (Lipinski definition) is 0. The maximum absolute atomic E-state index is 12.3. The third-order valence-corrected chi connectivity index (χ3v) is 8.66. The van der Waals surface area contributed by atoms with Crippen LogP contribution in [0.15, 0.2) is 42.6 Å². The van der Waals surface area contributed by atoms with Gasteiger partial charge in [-0.3, -0.25) is 9.88 Å². The first kappa shape index (κ1) is 28.0. The number of aromatic nitrogens is 5. The topological polar surface area (TPSA) is 114 Å². The number of imidazole rings is 1. The van der Waals surface area contributed by atoms with Crippen molar-refractivity contribution in [3.8, 4) is 11.5 Å². The number of carbonyl (C=O) groups excluding carboxylic acids is 1. The van der Waals surface area contributed by atoms with E-state index in [2.05, 4.69) is 30.7 Å². The molecule has 224 valence electrons. The number of pyridine rings is 1. The number of carbonyl (C=O) groups is 1. The Kier molecular flexibility index (Phi) is 7.40. The predicted molar refractivity (Wildman–Crippen MR) is 157 cm³/mol. The molecule has 2 unspecified atom stereocenters. The fourth-order valence-electron chi connectivity index (χ4n) is 6.04. The van der Waals surface area contributed by atoms with Crippen LogP contribution in [0.4, 0.5) is 0 Å². The lowest BCUT2D eigenvalue weighted by Crippen LogP contribution is -2.35. The molecule has 0 radical (unpaired) electrons. The molecule has 6 heterocycles. The Morgan fingerprint density at radius 3 is 2.70 bits per heavy atom. The Labute approximate surface area is 254 Å². The van der Waals surface area contributed by atoms with Crippen LogP contribution in [0, 0.1) is 0 Å². The number of fused-ring (bicyclic) bond motifs is 2. The first-order valence-electron chi connectivity index (χ1n) is 14.8. The van der Waals surface area contributed by atoms with Gasteiger partial charge in [0, 0.05) is 31.4 Å². The van der Waals surface area contributed by atoms with E-state index in [9.17, 15) is 4.79 Å². The van der Waals surface area contributed by atoms with Gasteiger partial charge in [-0.2, -0.15) is 0 Å². The second kappa shape index (κ2) is 11.4. The van der Waals surface area contributed by atoms with E-state index in [0.717, 1.165) is 61.8 Å². The maximum Gasteiger partial charge on any atom is 0.358 e. The van der Waals surface area contributed by atoms with Crippen LogP contribution >= 0.6 is 11.6 Å². The largest absolute Gasteiger partial charge is 0.461 e. The number of esters is 1. The minimum atomic E-state index is -1.01. The van der Waals surface area contributed by atoms with E-state index in [1.54, 1.807) is 25.3 Å². The highest BCUT2D eigenvalue weighted by atomic mass is 35.5. The van der Waals surface area contributed by atoms with Gasteiger partial charge >= 0.3 is 5.97 Å². The van der Waals surface area contributed by atoms with Crippen LogP contribution in [0.1, 0.15) is 66.6 Å². The standard InChI is InChI=1S/C31H33ClN6O5/c1-3-40-30(39)24-15-23-29(36-35-24)38(17-21-11-14-41-21)27(34-23)18-37-12-9-19(10-13-37)22-5-4-6-25-28(22)43-31(2,42-25)26-8-7-20(32)16-33-26/h4-8,15-16,19,21H,3,9-14,17-18H2,1-2H3.